The van der Waals surface area contributed by atoms with Crippen LogP contribution in [0.1, 0.15) is 38.2 Å². The van der Waals surface area contributed by atoms with Crippen molar-refractivity contribution < 1.29 is 4.39 Å². The maximum absolute atomic E-state index is 13.0. The van der Waals surface area contributed by atoms with Gasteiger partial charge in [0.05, 0.1) is 4.47 Å². The summed E-state index contributed by atoms with van der Waals surface area (Å²) in [6.07, 6.45) is 2.05. The average Bonchev–Trinajstić information content (AvgIpc) is 2.21. The summed E-state index contributed by atoms with van der Waals surface area (Å²) in [5, 5.41) is 0.118. The van der Waals surface area contributed by atoms with Crippen molar-refractivity contribution in [3.05, 3.63) is 34.1 Å². The Labute approximate surface area is 104 Å². The Morgan fingerprint density at radius 1 is 1.47 bits per heavy atom. The third-order valence-electron chi connectivity index (χ3n) is 2.58. The fourth-order valence-electron chi connectivity index (χ4n) is 1.53. The Morgan fingerprint density at radius 3 is 2.67 bits per heavy atom. The fraction of sp³-hybridized carbons (Fsp3) is 0.500. The highest BCUT2D eigenvalue weighted by Gasteiger charge is 2.16. The first-order valence-electron chi connectivity index (χ1n) is 5.15. The molecule has 0 aromatic heterocycles. The summed E-state index contributed by atoms with van der Waals surface area (Å²) < 4.78 is 13.5. The van der Waals surface area contributed by atoms with Gasteiger partial charge < -0.3 is 0 Å². The van der Waals surface area contributed by atoms with Crippen LogP contribution in [0.3, 0.4) is 0 Å². The lowest BCUT2D eigenvalue weighted by molar-refractivity contribution is 0.610. The molecule has 0 heterocycles. The number of hydrogen-bond acceptors (Lipinski definition) is 0. The molecule has 0 bridgehead atoms. The zero-order chi connectivity index (χ0) is 11.4. The van der Waals surface area contributed by atoms with Crippen LogP contribution in [-0.4, -0.2) is 5.38 Å². The molecule has 1 rings (SSSR count). The first kappa shape index (κ1) is 13.0. The summed E-state index contributed by atoms with van der Waals surface area (Å²) in [6.45, 7) is 4.19. The van der Waals surface area contributed by atoms with E-state index in [1.807, 2.05) is 6.07 Å². The van der Waals surface area contributed by atoms with Crippen LogP contribution in [-0.2, 0) is 0 Å². The van der Waals surface area contributed by atoms with Crippen molar-refractivity contribution in [2.75, 3.05) is 0 Å². The van der Waals surface area contributed by atoms with Crippen molar-refractivity contribution in [2.45, 2.75) is 38.0 Å². The Bertz CT molecular complexity index is 327. The third kappa shape index (κ3) is 3.46. The topological polar surface area (TPSA) is 0 Å². The van der Waals surface area contributed by atoms with Crippen molar-refractivity contribution in [1.82, 2.24) is 0 Å². The number of hydrogen-bond donors (Lipinski definition) is 0. The van der Waals surface area contributed by atoms with Crippen molar-refractivity contribution >= 4 is 27.5 Å². The van der Waals surface area contributed by atoms with Crippen LogP contribution in [0.25, 0.3) is 0 Å². The van der Waals surface area contributed by atoms with Crippen LogP contribution in [0.15, 0.2) is 22.7 Å². The van der Waals surface area contributed by atoms with Crippen molar-refractivity contribution in [3.63, 3.8) is 0 Å². The molecule has 0 amide bonds. The van der Waals surface area contributed by atoms with Crippen LogP contribution >= 0.6 is 27.5 Å². The van der Waals surface area contributed by atoms with Crippen LogP contribution in [0.4, 0.5) is 4.39 Å². The molecule has 1 aromatic rings. The fourth-order valence-corrected chi connectivity index (χ4v) is 2.29. The molecular formula is C12H15BrClF. The van der Waals surface area contributed by atoms with E-state index in [0.717, 1.165) is 18.4 Å². The largest absolute Gasteiger partial charge is 0.206 e. The highest BCUT2D eigenvalue weighted by molar-refractivity contribution is 9.10. The molecule has 0 saturated carbocycles. The molecule has 0 N–H and O–H groups in total. The maximum Gasteiger partial charge on any atom is 0.137 e. The van der Waals surface area contributed by atoms with Gasteiger partial charge in [0.15, 0.2) is 0 Å². The molecule has 84 valence electrons. The standard InChI is InChI=1S/C12H15BrClF/c1-3-4-11(14)8(2)9-5-6-12(15)10(13)7-9/h5-8,11H,3-4H2,1-2H3. The molecule has 15 heavy (non-hydrogen) atoms. The molecule has 0 nitrogen and oxygen atoms in total. The van der Waals surface area contributed by atoms with E-state index in [1.54, 1.807) is 6.07 Å². The van der Waals surface area contributed by atoms with E-state index in [1.165, 1.54) is 6.07 Å². The molecule has 0 aliphatic rings. The molecule has 0 aliphatic heterocycles. The lowest BCUT2D eigenvalue weighted by atomic mass is 9.95. The van der Waals surface area contributed by atoms with E-state index in [0.29, 0.717) is 4.47 Å². The Morgan fingerprint density at radius 2 is 2.13 bits per heavy atom. The van der Waals surface area contributed by atoms with E-state index in [4.69, 9.17) is 11.6 Å². The number of rotatable bonds is 4. The second-order valence-corrected chi connectivity index (χ2v) is 5.18. The van der Waals surface area contributed by atoms with Crippen LogP contribution < -0.4 is 0 Å². The first-order chi connectivity index (χ1) is 7.06. The van der Waals surface area contributed by atoms with E-state index in [9.17, 15) is 4.39 Å². The molecule has 2 atom stereocenters. The smallest absolute Gasteiger partial charge is 0.137 e. The SMILES string of the molecule is CCCC(Cl)C(C)c1ccc(F)c(Br)c1. The molecule has 0 aliphatic carbocycles. The third-order valence-corrected chi connectivity index (χ3v) is 3.78. The van der Waals surface area contributed by atoms with E-state index >= 15 is 0 Å². The summed E-state index contributed by atoms with van der Waals surface area (Å²) in [6, 6.07) is 5.09. The zero-order valence-corrected chi connectivity index (χ0v) is 11.3. The van der Waals surface area contributed by atoms with Gasteiger partial charge in [0.25, 0.3) is 0 Å². The summed E-state index contributed by atoms with van der Waals surface area (Å²) in [4.78, 5) is 0. The number of alkyl halides is 1. The predicted octanol–water partition coefficient (Wildman–Crippen LogP) is 5.10. The molecule has 0 saturated heterocycles. The molecular weight excluding hydrogens is 278 g/mol. The predicted molar refractivity (Wildman–Crippen MR) is 67.1 cm³/mol. The van der Waals surface area contributed by atoms with Gasteiger partial charge in [-0.3, -0.25) is 0 Å². The molecule has 0 fully saturated rings. The van der Waals surface area contributed by atoms with Gasteiger partial charge in [-0.2, -0.15) is 0 Å². The lowest BCUT2D eigenvalue weighted by Gasteiger charge is -2.18. The van der Waals surface area contributed by atoms with Gasteiger partial charge in [-0.25, -0.2) is 4.39 Å². The van der Waals surface area contributed by atoms with Crippen molar-refractivity contribution in [1.29, 1.82) is 0 Å². The van der Waals surface area contributed by atoms with E-state index in [-0.39, 0.29) is 17.1 Å². The second-order valence-electron chi connectivity index (χ2n) is 3.77. The van der Waals surface area contributed by atoms with Crippen molar-refractivity contribution in [3.8, 4) is 0 Å². The summed E-state index contributed by atoms with van der Waals surface area (Å²) in [5.74, 6) is 0.0241. The van der Waals surface area contributed by atoms with Crippen LogP contribution in [0.2, 0.25) is 0 Å². The second kappa shape index (κ2) is 5.86. The molecule has 0 spiro atoms. The Hall–Kier alpha value is -0.0800. The zero-order valence-electron chi connectivity index (χ0n) is 8.93. The Balaban J connectivity index is 2.81. The van der Waals surface area contributed by atoms with Gasteiger partial charge in [-0.1, -0.05) is 26.3 Å². The quantitative estimate of drug-likeness (QED) is 0.678. The van der Waals surface area contributed by atoms with Crippen LogP contribution in [0, 0.1) is 5.82 Å². The van der Waals surface area contributed by atoms with E-state index < -0.39 is 0 Å². The summed E-state index contributed by atoms with van der Waals surface area (Å²) in [5.41, 5.74) is 1.08. The highest BCUT2D eigenvalue weighted by Crippen LogP contribution is 2.29. The van der Waals surface area contributed by atoms with Crippen molar-refractivity contribution in [2.24, 2.45) is 0 Å². The minimum Gasteiger partial charge on any atom is -0.206 e. The minimum atomic E-state index is -0.229. The highest BCUT2D eigenvalue weighted by atomic mass is 79.9. The number of benzene rings is 1. The Kier molecular flexibility index (Phi) is 5.07. The maximum atomic E-state index is 13.0. The summed E-state index contributed by atoms with van der Waals surface area (Å²) >= 11 is 9.43. The first-order valence-corrected chi connectivity index (χ1v) is 6.38. The van der Waals surface area contributed by atoms with Crippen LogP contribution in [0.5, 0.6) is 0 Å². The molecule has 1 aromatic carbocycles. The van der Waals surface area contributed by atoms with Gasteiger partial charge >= 0.3 is 0 Å². The van der Waals surface area contributed by atoms with Gasteiger partial charge in [0, 0.05) is 5.38 Å². The number of halogens is 3. The monoisotopic (exact) mass is 292 g/mol. The molecule has 0 radical (unpaired) electrons. The van der Waals surface area contributed by atoms with Gasteiger partial charge in [0.1, 0.15) is 5.82 Å². The van der Waals surface area contributed by atoms with E-state index in [2.05, 4.69) is 29.8 Å². The lowest BCUT2D eigenvalue weighted by Crippen LogP contribution is -2.09. The summed E-state index contributed by atoms with van der Waals surface area (Å²) in [7, 11) is 0. The van der Waals surface area contributed by atoms with Gasteiger partial charge in [0.2, 0.25) is 0 Å². The van der Waals surface area contributed by atoms with Gasteiger partial charge in [-0.05, 0) is 46.0 Å². The minimum absolute atomic E-state index is 0.118. The average molecular weight is 294 g/mol. The van der Waals surface area contributed by atoms with Gasteiger partial charge in [-0.15, -0.1) is 11.6 Å². The molecule has 3 heteroatoms. The normalized spacial score (nSPS) is 15.0. The molecule has 2 unspecified atom stereocenters.